The van der Waals surface area contributed by atoms with Gasteiger partial charge in [0.05, 0.1) is 18.4 Å². The zero-order chi connectivity index (χ0) is 23.3. The number of hydrogen-bond donors (Lipinski definition) is 1. The van der Waals surface area contributed by atoms with Crippen LogP contribution in [-0.4, -0.2) is 36.3 Å². The van der Waals surface area contributed by atoms with E-state index in [0.717, 1.165) is 22.3 Å². The summed E-state index contributed by atoms with van der Waals surface area (Å²) in [5, 5.41) is 13.7. The highest BCUT2D eigenvalue weighted by atomic mass is 16.6. The molecule has 1 aliphatic rings. The number of amides is 1. The average Bonchev–Trinajstić information content (AvgIpc) is 3.10. The highest BCUT2D eigenvalue weighted by Gasteiger charge is 2.30. The molecular weight excluding hydrogens is 410 g/mol. The van der Waals surface area contributed by atoms with Crippen molar-refractivity contribution in [2.45, 2.75) is 57.6 Å². The first kappa shape index (κ1) is 23.3. The minimum Gasteiger partial charge on any atom is -0.548 e. The maximum Gasteiger partial charge on any atom is 0.407 e. The van der Waals surface area contributed by atoms with Gasteiger partial charge < -0.3 is 24.7 Å². The van der Waals surface area contributed by atoms with E-state index in [4.69, 9.17) is 9.47 Å². The van der Waals surface area contributed by atoms with Crippen LogP contribution in [0.25, 0.3) is 11.1 Å². The van der Waals surface area contributed by atoms with Gasteiger partial charge in [-0.2, -0.15) is 0 Å². The largest absolute Gasteiger partial charge is 0.548 e. The van der Waals surface area contributed by atoms with Gasteiger partial charge in [0.15, 0.2) is 0 Å². The number of aliphatic carboxylic acids is 1. The summed E-state index contributed by atoms with van der Waals surface area (Å²) < 4.78 is 10.7. The highest BCUT2D eigenvalue weighted by molar-refractivity contribution is 5.84. The van der Waals surface area contributed by atoms with Crippen molar-refractivity contribution in [3.63, 3.8) is 0 Å². The molecule has 0 saturated carbocycles. The third kappa shape index (κ3) is 5.10. The minimum absolute atomic E-state index is 0.0355. The fourth-order valence-corrected chi connectivity index (χ4v) is 3.85. The molecule has 7 heteroatoms. The lowest BCUT2D eigenvalue weighted by Gasteiger charge is -2.28. The lowest BCUT2D eigenvalue weighted by Crippen LogP contribution is -2.50. The molecule has 1 aliphatic carbocycles. The van der Waals surface area contributed by atoms with Crippen LogP contribution in [0.2, 0.25) is 0 Å². The number of alkyl carbamates (subject to hydrolysis) is 1. The predicted octanol–water partition coefficient (Wildman–Crippen LogP) is 3.16. The van der Waals surface area contributed by atoms with Crippen LogP contribution in [0.1, 0.15) is 57.1 Å². The molecule has 0 spiro atoms. The summed E-state index contributed by atoms with van der Waals surface area (Å²) >= 11 is 0. The Labute approximate surface area is 187 Å². The van der Waals surface area contributed by atoms with Crippen LogP contribution in [0.15, 0.2) is 48.5 Å². The SMILES string of the molecule is CCC(C)(CC)OC(=O)C[C@H](NC(=O)OCC1c2ccccc2-c2ccccc21)C(=O)[O-]. The van der Waals surface area contributed by atoms with Gasteiger partial charge in [0.2, 0.25) is 0 Å². The summed E-state index contributed by atoms with van der Waals surface area (Å²) in [5.41, 5.74) is 3.57. The molecule has 2 aromatic carbocycles. The molecule has 32 heavy (non-hydrogen) atoms. The summed E-state index contributed by atoms with van der Waals surface area (Å²) in [6.07, 6.45) is -0.291. The van der Waals surface area contributed by atoms with E-state index >= 15 is 0 Å². The molecule has 2 aromatic rings. The number of carbonyl (C=O) groups excluding carboxylic acids is 3. The molecule has 1 amide bonds. The van der Waals surface area contributed by atoms with Gasteiger partial charge in [-0.15, -0.1) is 0 Å². The zero-order valence-electron chi connectivity index (χ0n) is 18.6. The summed E-state index contributed by atoms with van der Waals surface area (Å²) in [5.74, 6) is -2.45. The van der Waals surface area contributed by atoms with Crippen LogP contribution in [-0.2, 0) is 19.1 Å². The van der Waals surface area contributed by atoms with E-state index < -0.39 is 36.1 Å². The van der Waals surface area contributed by atoms with Gasteiger partial charge in [0.1, 0.15) is 12.2 Å². The van der Waals surface area contributed by atoms with Crippen molar-refractivity contribution in [2.24, 2.45) is 0 Å². The predicted molar refractivity (Wildman–Crippen MR) is 117 cm³/mol. The summed E-state index contributed by atoms with van der Waals surface area (Å²) in [6, 6.07) is 14.2. The third-order valence-electron chi connectivity index (χ3n) is 6.15. The van der Waals surface area contributed by atoms with Gasteiger partial charge in [-0.3, -0.25) is 4.79 Å². The fraction of sp³-hybridized carbons (Fsp3) is 0.400. The number of hydrogen-bond acceptors (Lipinski definition) is 6. The zero-order valence-corrected chi connectivity index (χ0v) is 18.6. The molecule has 0 saturated heterocycles. The number of esters is 1. The van der Waals surface area contributed by atoms with Crippen molar-refractivity contribution in [2.75, 3.05) is 6.61 Å². The second-order valence-electron chi connectivity index (χ2n) is 8.18. The molecule has 1 N–H and O–H groups in total. The number of nitrogens with one attached hydrogen (secondary N) is 1. The molecule has 0 heterocycles. The van der Waals surface area contributed by atoms with Crippen LogP contribution in [0.4, 0.5) is 4.79 Å². The lowest BCUT2D eigenvalue weighted by atomic mass is 9.98. The Bertz CT molecular complexity index is 952. The number of carboxylic acid groups (broad SMARTS) is 1. The second kappa shape index (κ2) is 9.85. The van der Waals surface area contributed by atoms with E-state index in [1.807, 2.05) is 62.4 Å². The Kier molecular flexibility index (Phi) is 7.18. The summed E-state index contributed by atoms with van der Waals surface area (Å²) in [7, 11) is 0. The molecule has 0 unspecified atom stereocenters. The van der Waals surface area contributed by atoms with Crippen molar-refractivity contribution in [3.8, 4) is 11.1 Å². The van der Waals surface area contributed by atoms with Crippen molar-refractivity contribution in [1.29, 1.82) is 0 Å². The molecule has 170 valence electrons. The van der Waals surface area contributed by atoms with Gasteiger partial charge in [-0.25, -0.2) is 4.79 Å². The van der Waals surface area contributed by atoms with E-state index in [-0.39, 0.29) is 12.5 Å². The van der Waals surface area contributed by atoms with Crippen molar-refractivity contribution < 1.29 is 29.0 Å². The van der Waals surface area contributed by atoms with Crippen LogP contribution in [0.5, 0.6) is 0 Å². The molecule has 0 aliphatic heterocycles. The normalized spacial score (nSPS) is 13.6. The number of ether oxygens (including phenoxy) is 2. The fourth-order valence-electron chi connectivity index (χ4n) is 3.85. The summed E-state index contributed by atoms with van der Waals surface area (Å²) in [4.78, 5) is 36.0. The Morgan fingerprint density at radius 1 is 1.00 bits per heavy atom. The molecule has 0 aromatic heterocycles. The summed E-state index contributed by atoms with van der Waals surface area (Å²) in [6.45, 7) is 5.57. The van der Waals surface area contributed by atoms with Gasteiger partial charge in [-0.1, -0.05) is 62.4 Å². The van der Waals surface area contributed by atoms with Crippen LogP contribution >= 0.6 is 0 Å². The highest BCUT2D eigenvalue weighted by Crippen LogP contribution is 2.44. The van der Waals surface area contributed by atoms with Gasteiger partial charge in [-0.05, 0) is 42.0 Å². The molecule has 0 bridgehead atoms. The van der Waals surface area contributed by atoms with E-state index in [0.29, 0.717) is 12.8 Å². The van der Waals surface area contributed by atoms with E-state index in [1.165, 1.54) is 0 Å². The minimum atomic E-state index is -1.58. The maximum absolute atomic E-state index is 12.3. The standard InChI is InChI=1S/C25H29NO6/c1-4-25(3,5-2)32-22(27)14-21(23(28)29)26-24(30)31-15-20-18-12-8-6-10-16(18)17-11-7-9-13-19(17)20/h6-13,20-21H,4-5,14-15H2,1-3H3,(H,26,30)(H,28,29)/p-1/t21-/m0/s1. The first-order chi connectivity index (χ1) is 15.3. The van der Waals surface area contributed by atoms with Crippen molar-refractivity contribution >= 4 is 18.0 Å². The average molecular weight is 439 g/mol. The first-order valence-corrected chi connectivity index (χ1v) is 10.8. The van der Waals surface area contributed by atoms with Crippen LogP contribution < -0.4 is 10.4 Å². The third-order valence-corrected chi connectivity index (χ3v) is 6.15. The Morgan fingerprint density at radius 2 is 1.53 bits per heavy atom. The van der Waals surface area contributed by atoms with Crippen LogP contribution in [0, 0.1) is 0 Å². The van der Waals surface area contributed by atoms with Gasteiger partial charge in [0, 0.05) is 5.92 Å². The van der Waals surface area contributed by atoms with Crippen molar-refractivity contribution in [1.82, 2.24) is 5.32 Å². The number of benzene rings is 2. The van der Waals surface area contributed by atoms with Gasteiger partial charge in [0.25, 0.3) is 0 Å². The van der Waals surface area contributed by atoms with E-state index in [2.05, 4.69) is 5.32 Å². The lowest BCUT2D eigenvalue weighted by molar-refractivity contribution is -0.308. The van der Waals surface area contributed by atoms with E-state index in [9.17, 15) is 19.5 Å². The topological polar surface area (TPSA) is 105 Å². The second-order valence-corrected chi connectivity index (χ2v) is 8.18. The maximum atomic E-state index is 12.3. The molecule has 7 nitrogen and oxygen atoms in total. The number of carbonyl (C=O) groups is 3. The molecule has 0 radical (unpaired) electrons. The Hall–Kier alpha value is -3.35. The molecule has 3 rings (SSSR count). The smallest absolute Gasteiger partial charge is 0.407 e. The van der Waals surface area contributed by atoms with Crippen LogP contribution in [0.3, 0.4) is 0 Å². The van der Waals surface area contributed by atoms with E-state index in [1.54, 1.807) is 6.92 Å². The first-order valence-electron chi connectivity index (χ1n) is 10.8. The Morgan fingerprint density at radius 3 is 2.03 bits per heavy atom. The number of rotatable bonds is 9. The molecule has 1 atom stereocenters. The van der Waals surface area contributed by atoms with Gasteiger partial charge >= 0.3 is 12.1 Å². The van der Waals surface area contributed by atoms with Crippen molar-refractivity contribution in [3.05, 3.63) is 59.7 Å². The monoisotopic (exact) mass is 438 g/mol. The Balaban J connectivity index is 1.62. The number of carboxylic acids is 1. The number of fused-ring (bicyclic) bond motifs is 3. The molecular formula is C25H28NO6-. The quantitative estimate of drug-likeness (QED) is 0.603. The molecule has 0 fully saturated rings.